The summed E-state index contributed by atoms with van der Waals surface area (Å²) in [6.45, 7) is 2.11. The number of hydrogen-bond donors (Lipinski definition) is 1. The van der Waals surface area contributed by atoms with E-state index in [0.717, 1.165) is 44.5 Å². The molecule has 4 rings (SSSR count). The van der Waals surface area contributed by atoms with Gasteiger partial charge in [0.15, 0.2) is 11.6 Å². The van der Waals surface area contributed by atoms with Crippen molar-refractivity contribution >= 4 is 15.8 Å². The van der Waals surface area contributed by atoms with Gasteiger partial charge in [-0.3, -0.25) is 4.72 Å². The summed E-state index contributed by atoms with van der Waals surface area (Å²) in [5.41, 5.74) is 1.24. The number of halogens is 2. The number of nitrogens with one attached hydrogen (secondary N) is 1. The van der Waals surface area contributed by atoms with Crippen LogP contribution in [-0.2, 0) is 10.0 Å². The molecule has 2 aliphatic rings. The Hall–Kier alpha value is -2.81. The summed E-state index contributed by atoms with van der Waals surface area (Å²) < 4.78 is 62.9. The molecule has 3 atom stereocenters. The Morgan fingerprint density at radius 2 is 1.94 bits per heavy atom. The maximum absolute atomic E-state index is 14.9. The van der Waals surface area contributed by atoms with E-state index >= 15 is 0 Å². The molecule has 1 unspecified atom stereocenters. The van der Waals surface area contributed by atoms with Crippen LogP contribution in [0.15, 0.2) is 59.4 Å². The highest BCUT2D eigenvalue weighted by Gasteiger charge is 2.32. The van der Waals surface area contributed by atoms with Crippen LogP contribution in [0.4, 0.5) is 14.6 Å². The molecule has 0 amide bonds. The van der Waals surface area contributed by atoms with Gasteiger partial charge in [-0.05, 0) is 31.2 Å². The molecule has 2 aliphatic carbocycles. The zero-order chi connectivity index (χ0) is 22.7. The lowest BCUT2D eigenvalue weighted by molar-refractivity contribution is 0.133. The van der Waals surface area contributed by atoms with Crippen LogP contribution in [0.3, 0.4) is 0 Å². The number of ether oxygens (including phenoxy) is 1. The number of aromatic nitrogens is 2. The first kappa shape index (κ1) is 22.4. The van der Waals surface area contributed by atoms with Gasteiger partial charge >= 0.3 is 0 Å². The van der Waals surface area contributed by atoms with Crippen molar-refractivity contribution in [2.45, 2.75) is 50.0 Å². The Morgan fingerprint density at radius 1 is 1.12 bits per heavy atom. The third-order valence-electron chi connectivity index (χ3n) is 5.97. The van der Waals surface area contributed by atoms with Crippen molar-refractivity contribution in [1.82, 2.24) is 9.97 Å². The molecular weight excluding hydrogens is 436 g/mol. The smallest absolute Gasteiger partial charge is 0.266 e. The summed E-state index contributed by atoms with van der Waals surface area (Å²) >= 11 is 0. The van der Waals surface area contributed by atoms with Gasteiger partial charge in [0.1, 0.15) is 29.0 Å². The van der Waals surface area contributed by atoms with E-state index in [1.807, 2.05) is 6.08 Å². The van der Waals surface area contributed by atoms with Gasteiger partial charge in [0.2, 0.25) is 0 Å². The normalized spacial score (nSPS) is 23.5. The Bertz CT molecular complexity index is 1140. The van der Waals surface area contributed by atoms with Crippen LogP contribution < -0.4 is 9.46 Å². The van der Waals surface area contributed by atoms with Crippen LogP contribution in [0.25, 0.3) is 0 Å². The van der Waals surface area contributed by atoms with Gasteiger partial charge in [0.25, 0.3) is 10.0 Å². The molecular formula is C23H25F2N3O3S. The third kappa shape index (κ3) is 4.82. The zero-order valence-electron chi connectivity index (χ0n) is 17.7. The molecule has 2 aromatic rings. The van der Waals surface area contributed by atoms with E-state index < -0.39 is 26.6 Å². The first-order valence-electron chi connectivity index (χ1n) is 10.7. The monoisotopic (exact) mass is 461 g/mol. The van der Waals surface area contributed by atoms with Gasteiger partial charge in [0, 0.05) is 24.2 Å². The molecule has 1 heterocycles. The number of sulfonamides is 1. The summed E-state index contributed by atoms with van der Waals surface area (Å²) in [6, 6.07) is 2.78. The number of anilines is 1. The summed E-state index contributed by atoms with van der Waals surface area (Å²) in [6.07, 6.45) is 13.1. The summed E-state index contributed by atoms with van der Waals surface area (Å²) in [4.78, 5) is 6.62. The predicted molar refractivity (Wildman–Crippen MR) is 117 cm³/mol. The molecule has 1 fully saturated rings. The van der Waals surface area contributed by atoms with Crippen molar-refractivity contribution < 1.29 is 21.9 Å². The lowest BCUT2D eigenvalue weighted by Crippen LogP contribution is -2.29. The van der Waals surface area contributed by atoms with Gasteiger partial charge in [-0.1, -0.05) is 43.6 Å². The highest BCUT2D eigenvalue weighted by atomic mass is 32.2. The quantitative estimate of drug-likeness (QED) is 0.611. The van der Waals surface area contributed by atoms with Crippen molar-refractivity contribution in [2.75, 3.05) is 4.72 Å². The summed E-state index contributed by atoms with van der Waals surface area (Å²) in [7, 11) is -4.38. The second-order valence-corrected chi connectivity index (χ2v) is 9.81. The number of hydrogen-bond acceptors (Lipinski definition) is 5. The average molecular weight is 462 g/mol. The zero-order valence-corrected chi connectivity index (χ0v) is 18.5. The van der Waals surface area contributed by atoms with Gasteiger partial charge in [-0.25, -0.2) is 27.2 Å². The number of allylic oxidation sites excluding steroid dienone is 3. The topological polar surface area (TPSA) is 81.2 Å². The molecule has 32 heavy (non-hydrogen) atoms. The van der Waals surface area contributed by atoms with Gasteiger partial charge in [0.05, 0.1) is 0 Å². The van der Waals surface area contributed by atoms with E-state index in [9.17, 15) is 17.2 Å². The van der Waals surface area contributed by atoms with Crippen LogP contribution in [0, 0.1) is 23.5 Å². The Kier molecular flexibility index (Phi) is 6.55. The highest BCUT2D eigenvalue weighted by molar-refractivity contribution is 7.92. The van der Waals surface area contributed by atoms with Crippen LogP contribution in [-0.4, -0.2) is 24.5 Å². The van der Waals surface area contributed by atoms with E-state index in [4.69, 9.17) is 4.74 Å². The van der Waals surface area contributed by atoms with Crippen molar-refractivity contribution in [1.29, 1.82) is 0 Å². The van der Waals surface area contributed by atoms with E-state index in [-0.39, 0.29) is 29.5 Å². The maximum atomic E-state index is 14.9. The van der Waals surface area contributed by atoms with Crippen LogP contribution in [0.2, 0.25) is 0 Å². The van der Waals surface area contributed by atoms with Gasteiger partial charge in [-0.15, -0.1) is 0 Å². The van der Waals surface area contributed by atoms with E-state index in [1.54, 1.807) is 0 Å². The number of rotatable bonds is 6. The molecule has 1 aromatic heterocycles. The second kappa shape index (κ2) is 9.36. The van der Waals surface area contributed by atoms with Crippen molar-refractivity contribution in [3.8, 4) is 5.75 Å². The molecule has 170 valence electrons. The van der Waals surface area contributed by atoms with E-state index in [1.165, 1.54) is 17.8 Å². The fourth-order valence-corrected chi connectivity index (χ4v) is 5.45. The Labute approximate surface area is 186 Å². The Morgan fingerprint density at radius 3 is 2.66 bits per heavy atom. The first-order valence-corrected chi connectivity index (χ1v) is 12.2. The minimum Gasteiger partial charge on any atom is -0.487 e. The van der Waals surface area contributed by atoms with E-state index in [0.29, 0.717) is 6.07 Å². The number of nitrogens with zero attached hydrogens (tertiary/aromatic N) is 2. The molecule has 0 spiro atoms. The average Bonchev–Trinajstić information content (AvgIpc) is 3.04. The van der Waals surface area contributed by atoms with Crippen LogP contribution >= 0.6 is 0 Å². The molecule has 0 radical (unpaired) electrons. The van der Waals surface area contributed by atoms with Crippen molar-refractivity contribution in [2.24, 2.45) is 11.8 Å². The fraction of sp³-hybridized carbons (Fsp3) is 0.391. The maximum Gasteiger partial charge on any atom is 0.266 e. The lowest BCUT2D eigenvalue weighted by atomic mass is 9.84. The molecule has 0 aliphatic heterocycles. The summed E-state index contributed by atoms with van der Waals surface area (Å²) in [5.74, 6) is -1.96. The van der Waals surface area contributed by atoms with E-state index in [2.05, 4.69) is 33.8 Å². The minimum absolute atomic E-state index is 0.0472. The summed E-state index contributed by atoms with van der Waals surface area (Å²) in [5, 5.41) is 0. The number of benzene rings is 1. The second-order valence-electron chi connectivity index (χ2n) is 8.15. The van der Waals surface area contributed by atoms with Crippen LogP contribution in [0.5, 0.6) is 5.75 Å². The standard InChI is InChI=1S/C23H25F2N3O3S/c1-15-6-5-8-16(15)17-7-3-2-4-9-20(17)31-21-12-19(25)22(13-18(21)24)32(29,30)28-23-10-11-26-14-27-23/h5-6,8,10-15,17,20H,2-4,7,9H2,1H3,(H,26,27,28)/t15?,17-,20+/m1/s1. The lowest BCUT2D eigenvalue weighted by Gasteiger charge is -2.29. The minimum atomic E-state index is -4.38. The molecule has 1 saturated carbocycles. The highest BCUT2D eigenvalue weighted by Crippen LogP contribution is 2.38. The van der Waals surface area contributed by atoms with Gasteiger partial charge < -0.3 is 4.74 Å². The van der Waals surface area contributed by atoms with Gasteiger partial charge in [-0.2, -0.15) is 0 Å². The molecule has 1 aromatic carbocycles. The third-order valence-corrected chi connectivity index (χ3v) is 7.34. The largest absolute Gasteiger partial charge is 0.487 e. The predicted octanol–water partition coefficient (Wildman–Crippen LogP) is 5.02. The molecule has 0 saturated heterocycles. The first-order chi connectivity index (χ1) is 15.3. The van der Waals surface area contributed by atoms with Crippen molar-refractivity contribution in [3.63, 3.8) is 0 Å². The fourth-order valence-electron chi connectivity index (χ4n) is 4.37. The Balaban J connectivity index is 1.58. The molecule has 0 bridgehead atoms. The van der Waals surface area contributed by atoms with Crippen LogP contribution in [0.1, 0.15) is 39.0 Å². The molecule has 9 heteroatoms. The SMILES string of the molecule is CC1C=CC=C1[C@H]1CCCCC[C@@H]1Oc1cc(F)c(S(=O)(=O)Nc2ccncn2)cc1F. The van der Waals surface area contributed by atoms with Crippen molar-refractivity contribution in [3.05, 3.63) is 66.2 Å². The molecule has 6 nitrogen and oxygen atoms in total. The molecule has 1 N–H and O–H groups in total.